The molecule has 0 atom stereocenters. The van der Waals surface area contributed by atoms with Crippen LogP contribution in [0.3, 0.4) is 0 Å². The molecule has 0 saturated carbocycles. The van der Waals surface area contributed by atoms with Crippen LogP contribution in [0.5, 0.6) is 0 Å². The third-order valence-electron chi connectivity index (χ3n) is 3.46. The van der Waals surface area contributed by atoms with Crippen molar-refractivity contribution in [2.24, 2.45) is 5.14 Å². The van der Waals surface area contributed by atoms with Gasteiger partial charge in [-0.05, 0) is 18.2 Å². The Morgan fingerprint density at radius 1 is 0.962 bits per heavy atom. The molecule has 136 valence electrons. The van der Waals surface area contributed by atoms with E-state index >= 15 is 0 Å². The predicted molar refractivity (Wildman–Crippen MR) is 99.4 cm³/mol. The molecule has 3 rings (SSSR count). The van der Waals surface area contributed by atoms with E-state index in [0.717, 1.165) is 16.6 Å². The number of thiazole rings is 1. The summed E-state index contributed by atoms with van der Waals surface area (Å²) in [7, 11) is -7.88. The number of benzene rings is 2. The second-order valence-electron chi connectivity index (χ2n) is 5.35. The van der Waals surface area contributed by atoms with Crippen LogP contribution in [-0.4, -0.2) is 21.8 Å². The van der Waals surface area contributed by atoms with Crippen molar-refractivity contribution in [3.63, 3.8) is 0 Å². The molecular formula is C16H15N3O4S3. The highest BCUT2D eigenvalue weighted by Gasteiger charge is 2.18. The van der Waals surface area contributed by atoms with E-state index in [1.54, 1.807) is 5.38 Å². The van der Waals surface area contributed by atoms with Crippen LogP contribution in [0.4, 0.5) is 0 Å². The molecule has 7 nitrogen and oxygen atoms in total. The molecule has 0 saturated heterocycles. The molecule has 3 aromatic rings. The second-order valence-corrected chi connectivity index (χ2v) is 9.54. The summed E-state index contributed by atoms with van der Waals surface area (Å²) in [6.45, 7) is -0.00866. The summed E-state index contributed by atoms with van der Waals surface area (Å²) in [6.07, 6.45) is 0. The number of primary sulfonamides is 1. The number of hydrogen-bond donors (Lipinski definition) is 2. The van der Waals surface area contributed by atoms with Crippen LogP contribution in [0.25, 0.3) is 10.6 Å². The maximum absolute atomic E-state index is 12.4. The highest BCUT2D eigenvalue weighted by Crippen LogP contribution is 2.23. The van der Waals surface area contributed by atoms with Crippen LogP contribution in [0, 0.1) is 0 Å². The molecule has 0 aliphatic heterocycles. The quantitative estimate of drug-likeness (QED) is 0.645. The Balaban J connectivity index is 1.76. The maximum atomic E-state index is 12.4. The lowest BCUT2D eigenvalue weighted by Gasteiger charge is -2.06. The molecule has 0 unspecified atom stereocenters. The third kappa shape index (κ3) is 4.34. The Morgan fingerprint density at radius 3 is 2.35 bits per heavy atom. The molecule has 10 heteroatoms. The highest BCUT2D eigenvalue weighted by molar-refractivity contribution is 7.90. The van der Waals surface area contributed by atoms with Crippen LogP contribution < -0.4 is 9.86 Å². The minimum atomic E-state index is -3.98. The first-order chi connectivity index (χ1) is 12.3. The minimum absolute atomic E-state index is 0.00866. The van der Waals surface area contributed by atoms with Crippen molar-refractivity contribution in [2.75, 3.05) is 0 Å². The number of nitrogens with two attached hydrogens (primary N) is 1. The van der Waals surface area contributed by atoms with Gasteiger partial charge in [0, 0.05) is 10.9 Å². The first-order valence-corrected chi connectivity index (χ1v) is 11.3. The van der Waals surface area contributed by atoms with E-state index in [1.165, 1.54) is 29.5 Å². The Hall–Kier alpha value is -2.11. The molecule has 3 N–H and O–H groups in total. The van der Waals surface area contributed by atoms with Crippen molar-refractivity contribution >= 4 is 31.4 Å². The molecular weight excluding hydrogens is 394 g/mol. The number of rotatable bonds is 6. The van der Waals surface area contributed by atoms with Crippen molar-refractivity contribution in [3.8, 4) is 10.6 Å². The van der Waals surface area contributed by atoms with Crippen LogP contribution in [-0.2, 0) is 26.6 Å². The van der Waals surface area contributed by atoms with Gasteiger partial charge in [0.1, 0.15) is 5.01 Å². The normalized spacial score (nSPS) is 12.2. The lowest BCUT2D eigenvalue weighted by Crippen LogP contribution is -2.24. The summed E-state index contributed by atoms with van der Waals surface area (Å²) in [5.41, 5.74) is 1.52. The summed E-state index contributed by atoms with van der Waals surface area (Å²) in [5, 5.41) is 7.60. The second kappa shape index (κ2) is 7.25. The van der Waals surface area contributed by atoms with Gasteiger partial charge >= 0.3 is 0 Å². The van der Waals surface area contributed by atoms with Gasteiger partial charge in [-0.15, -0.1) is 11.3 Å². The lowest BCUT2D eigenvalue weighted by atomic mass is 10.2. The average Bonchev–Trinajstić information content (AvgIpc) is 3.09. The van der Waals surface area contributed by atoms with E-state index in [0.29, 0.717) is 5.69 Å². The van der Waals surface area contributed by atoms with E-state index < -0.39 is 20.0 Å². The summed E-state index contributed by atoms with van der Waals surface area (Å²) in [6, 6.07) is 14.4. The molecule has 1 aromatic heterocycles. The number of sulfonamides is 2. The Kier molecular flexibility index (Phi) is 5.21. The highest BCUT2D eigenvalue weighted by atomic mass is 32.2. The molecule has 0 aliphatic rings. The van der Waals surface area contributed by atoms with Gasteiger partial charge in [-0.25, -0.2) is 31.7 Å². The predicted octanol–water partition coefficient (Wildman–Crippen LogP) is 1.94. The number of nitrogens with one attached hydrogen (secondary N) is 1. The molecule has 0 fully saturated rings. The van der Waals surface area contributed by atoms with Gasteiger partial charge in [-0.3, -0.25) is 0 Å². The van der Waals surface area contributed by atoms with E-state index in [9.17, 15) is 16.8 Å². The smallest absolute Gasteiger partial charge is 0.240 e. The standard InChI is InChI=1S/C16H15N3O4S3/c17-25(20,21)14-7-4-8-15(9-14)26(22,23)18-10-13-11-24-16(19-13)12-5-2-1-3-6-12/h1-9,11,18H,10H2,(H2,17,20,21). The summed E-state index contributed by atoms with van der Waals surface area (Å²) in [4.78, 5) is 3.97. The molecule has 1 heterocycles. The SMILES string of the molecule is NS(=O)(=O)c1cccc(S(=O)(=O)NCc2csc(-c3ccccc3)n2)c1. The number of nitrogens with zero attached hydrogens (tertiary/aromatic N) is 1. The third-order valence-corrected chi connectivity index (χ3v) is 6.71. The number of hydrogen-bond acceptors (Lipinski definition) is 6. The molecule has 0 bridgehead atoms. The maximum Gasteiger partial charge on any atom is 0.240 e. The van der Waals surface area contributed by atoms with E-state index in [2.05, 4.69) is 9.71 Å². The molecule has 0 radical (unpaired) electrons. The topological polar surface area (TPSA) is 119 Å². The van der Waals surface area contributed by atoms with E-state index in [-0.39, 0.29) is 16.3 Å². The first kappa shape index (κ1) is 18.7. The minimum Gasteiger partial charge on any atom is -0.240 e. The first-order valence-electron chi connectivity index (χ1n) is 7.38. The van der Waals surface area contributed by atoms with Crippen molar-refractivity contribution in [2.45, 2.75) is 16.3 Å². The van der Waals surface area contributed by atoms with Crippen molar-refractivity contribution in [3.05, 3.63) is 65.7 Å². The summed E-state index contributed by atoms with van der Waals surface area (Å²) in [5.74, 6) is 0. The van der Waals surface area contributed by atoms with Crippen molar-refractivity contribution in [1.29, 1.82) is 0 Å². The Bertz CT molecular complexity index is 1120. The summed E-state index contributed by atoms with van der Waals surface area (Å²) < 4.78 is 50.0. The van der Waals surface area contributed by atoms with Crippen LogP contribution in [0.2, 0.25) is 0 Å². The zero-order valence-electron chi connectivity index (χ0n) is 13.4. The number of aromatic nitrogens is 1. The van der Waals surface area contributed by atoms with Gasteiger partial charge in [0.05, 0.1) is 22.0 Å². The molecule has 2 aromatic carbocycles. The zero-order valence-corrected chi connectivity index (χ0v) is 15.8. The lowest BCUT2D eigenvalue weighted by molar-refractivity contribution is 0.580. The van der Waals surface area contributed by atoms with Crippen molar-refractivity contribution < 1.29 is 16.8 Å². The largest absolute Gasteiger partial charge is 0.240 e. The molecule has 26 heavy (non-hydrogen) atoms. The summed E-state index contributed by atoms with van der Waals surface area (Å²) >= 11 is 1.41. The fourth-order valence-corrected chi connectivity index (χ4v) is 4.68. The van der Waals surface area contributed by atoms with Gasteiger partial charge in [0.25, 0.3) is 0 Å². The molecule has 0 aliphatic carbocycles. The zero-order chi connectivity index (χ0) is 18.8. The van der Waals surface area contributed by atoms with Crippen molar-refractivity contribution in [1.82, 2.24) is 9.71 Å². The van der Waals surface area contributed by atoms with Gasteiger partial charge < -0.3 is 0 Å². The Morgan fingerprint density at radius 2 is 1.65 bits per heavy atom. The van der Waals surface area contributed by atoms with Crippen LogP contribution in [0.15, 0.2) is 69.8 Å². The van der Waals surface area contributed by atoms with E-state index in [4.69, 9.17) is 5.14 Å². The van der Waals surface area contributed by atoms with Gasteiger partial charge in [0.15, 0.2) is 0 Å². The van der Waals surface area contributed by atoms with Gasteiger partial charge in [0.2, 0.25) is 20.0 Å². The fourth-order valence-electron chi connectivity index (χ4n) is 2.17. The molecule has 0 spiro atoms. The van der Waals surface area contributed by atoms with Crippen LogP contribution in [0.1, 0.15) is 5.69 Å². The van der Waals surface area contributed by atoms with Crippen LogP contribution >= 0.6 is 11.3 Å². The van der Waals surface area contributed by atoms with Gasteiger partial charge in [-0.2, -0.15) is 0 Å². The molecule has 0 amide bonds. The Labute approximate surface area is 155 Å². The monoisotopic (exact) mass is 409 g/mol. The fraction of sp³-hybridized carbons (Fsp3) is 0.0625. The van der Waals surface area contributed by atoms with Gasteiger partial charge in [-0.1, -0.05) is 36.4 Å². The average molecular weight is 410 g/mol. The van der Waals surface area contributed by atoms with E-state index in [1.807, 2.05) is 30.3 Å².